The molecule has 19 heavy (non-hydrogen) atoms. The lowest BCUT2D eigenvalue weighted by Gasteiger charge is -2.36. The zero-order chi connectivity index (χ0) is 13.8. The zero-order valence-electron chi connectivity index (χ0n) is 10.4. The summed E-state index contributed by atoms with van der Waals surface area (Å²) in [7, 11) is 0. The number of anilines is 1. The molecule has 1 aliphatic heterocycles. The summed E-state index contributed by atoms with van der Waals surface area (Å²) in [5.41, 5.74) is 0.747. The van der Waals surface area contributed by atoms with E-state index in [0.29, 0.717) is 0 Å². The van der Waals surface area contributed by atoms with Crippen molar-refractivity contribution in [1.82, 2.24) is 4.98 Å². The van der Waals surface area contributed by atoms with Crippen molar-refractivity contribution >= 4 is 17.5 Å². The number of hydrogen-bond donors (Lipinski definition) is 1. The van der Waals surface area contributed by atoms with Crippen molar-refractivity contribution < 1.29 is 14.8 Å². The van der Waals surface area contributed by atoms with E-state index >= 15 is 0 Å². The quantitative estimate of drug-likeness (QED) is 0.658. The lowest BCUT2D eigenvalue weighted by Crippen LogP contribution is -2.41. The molecule has 2 rings (SSSR count). The van der Waals surface area contributed by atoms with Crippen LogP contribution in [0.4, 0.5) is 11.5 Å². The molecule has 0 radical (unpaired) electrons. The molecule has 7 nitrogen and oxygen atoms in total. The Balaban J connectivity index is 2.17. The number of aliphatic carboxylic acids is 1. The predicted octanol–water partition coefficient (Wildman–Crippen LogP) is 1.82. The van der Waals surface area contributed by atoms with E-state index in [-0.39, 0.29) is 18.3 Å². The van der Waals surface area contributed by atoms with Gasteiger partial charge in [-0.15, -0.1) is 0 Å². The highest BCUT2D eigenvalue weighted by atomic mass is 16.6. The van der Waals surface area contributed by atoms with Crippen LogP contribution in [0.15, 0.2) is 18.3 Å². The number of aromatic nitrogens is 1. The second-order valence-corrected chi connectivity index (χ2v) is 4.57. The molecule has 1 N–H and O–H groups in total. The van der Waals surface area contributed by atoms with E-state index in [1.807, 2.05) is 4.90 Å². The first-order valence-electron chi connectivity index (χ1n) is 6.17. The lowest BCUT2D eigenvalue weighted by molar-refractivity contribution is -0.389. The molecular formula is C12H15N3O4. The maximum absolute atomic E-state index is 10.9. The Kier molecular flexibility index (Phi) is 3.94. The van der Waals surface area contributed by atoms with Gasteiger partial charge in [-0.3, -0.25) is 4.79 Å². The zero-order valence-corrected chi connectivity index (χ0v) is 10.4. The van der Waals surface area contributed by atoms with Crippen LogP contribution in [-0.2, 0) is 4.79 Å². The Bertz CT molecular complexity index is 474. The van der Waals surface area contributed by atoms with E-state index in [0.717, 1.165) is 31.5 Å². The number of carboxylic acid groups (broad SMARTS) is 1. The second kappa shape index (κ2) is 5.64. The van der Waals surface area contributed by atoms with Gasteiger partial charge in [0.15, 0.2) is 6.20 Å². The fraction of sp³-hybridized carbons (Fsp3) is 0.500. The van der Waals surface area contributed by atoms with Crippen LogP contribution in [0.3, 0.4) is 0 Å². The Morgan fingerprint density at radius 3 is 2.89 bits per heavy atom. The van der Waals surface area contributed by atoms with Crippen LogP contribution >= 0.6 is 0 Å². The fourth-order valence-electron chi connectivity index (χ4n) is 2.41. The number of hydrogen-bond acceptors (Lipinski definition) is 5. The highest BCUT2D eigenvalue weighted by molar-refractivity contribution is 5.68. The molecule has 1 fully saturated rings. The topological polar surface area (TPSA) is 96.6 Å². The summed E-state index contributed by atoms with van der Waals surface area (Å²) in [5.74, 6) is -1.03. The first kappa shape index (κ1) is 13.3. The number of pyridine rings is 1. The molecule has 1 atom stereocenters. The molecule has 7 heteroatoms. The molecule has 102 valence electrons. The molecule has 2 heterocycles. The third-order valence-corrected chi connectivity index (χ3v) is 3.29. The van der Waals surface area contributed by atoms with Gasteiger partial charge in [0.1, 0.15) is 0 Å². The third kappa shape index (κ3) is 3.18. The average molecular weight is 265 g/mol. The van der Waals surface area contributed by atoms with Gasteiger partial charge in [-0.05, 0) is 35.2 Å². The van der Waals surface area contributed by atoms with Gasteiger partial charge in [0.05, 0.1) is 12.1 Å². The summed E-state index contributed by atoms with van der Waals surface area (Å²) in [6.07, 6.45) is 4.35. The van der Waals surface area contributed by atoms with Crippen molar-refractivity contribution in [2.75, 3.05) is 11.4 Å². The predicted molar refractivity (Wildman–Crippen MR) is 68.1 cm³/mol. The minimum atomic E-state index is -0.827. The largest absolute Gasteiger partial charge is 0.481 e. The van der Waals surface area contributed by atoms with Gasteiger partial charge in [-0.2, -0.15) is 0 Å². The summed E-state index contributed by atoms with van der Waals surface area (Å²) in [4.78, 5) is 26.6. The van der Waals surface area contributed by atoms with Crippen molar-refractivity contribution in [2.45, 2.75) is 31.7 Å². The second-order valence-electron chi connectivity index (χ2n) is 4.57. The van der Waals surface area contributed by atoms with Gasteiger partial charge in [0.25, 0.3) is 0 Å². The van der Waals surface area contributed by atoms with Gasteiger partial charge in [-0.1, -0.05) is 0 Å². The Morgan fingerprint density at radius 1 is 1.53 bits per heavy atom. The monoisotopic (exact) mass is 265 g/mol. The highest BCUT2D eigenvalue weighted by Gasteiger charge is 2.26. The summed E-state index contributed by atoms with van der Waals surface area (Å²) in [6.45, 7) is 0.761. The van der Waals surface area contributed by atoms with Crippen LogP contribution in [0.1, 0.15) is 25.7 Å². The summed E-state index contributed by atoms with van der Waals surface area (Å²) >= 11 is 0. The number of carbonyl (C=O) groups is 1. The first-order valence-corrected chi connectivity index (χ1v) is 6.17. The average Bonchev–Trinajstić information content (AvgIpc) is 2.39. The van der Waals surface area contributed by atoms with E-state index in [1.54, 1.807) is 6.07 Å². The number of nitrogens with zero attached hydrogens (tertiary/aromatic N) is 3. The molecule has 1 aromatic heterocycles. The van der Waals surface area contributed by atoms with E-state index in [9.17, 15) is 14.9 Å². The molecule has 0 aromatic carbocycles. The summed E-state index contributed by atoms with van der Waals surface area (Å²) in [5, 5.41) is 19.5. The van der Waals surface area contributed by atoms with Crippen LogP contribution in [0, 0.1) is 10.1 Å². The Labute approximate surface area is 110 Å². The van der Waals surface area contributed by atoms with Crippen LogP contribution < -0.4 is 4.90 Å². The van der Waals surface area contributed by atoms with E-state index in [1.165, 1.54) is 12.3 Å². The van der Waals surface area contributed by atoms with Gasteiger partial charge >= 0.3 is 11.8 Å². The normalized spacial score (nSPS) is 19.2. The van der Waals surface area contributed by atoms with Crippen molar-refractivity contribution in [3.05, 3.63) is 28.4 Å². The minimum Gasteiger partial charge on any atom is -0.481 e. The molecule has 1 saturated heterocycles. The van der Waals surface area contributed by atoms with Crippen LogP contribution in [0.2, 0.25) is 0 Å². The SMILES string of the molecule is O=C(O)CC1CCCCN1c1ccc([N+](=O)[O-])nc1. The standard InChI is InChI=1S/C12H15N3O4/c16-12(17)7-9-3-1-2-6-14(9)10-4-5-11(13-8-10)15(18)19/h4-5,8-9H,1-3,6-7H2,(H,16,17). The first-order chi connectivity index (χ1) is 9.08. The maximum atomic E-state index is 10.9. The molecule has 0 saturated carbocycles. The highest BCUT2D eigenvalue weighted by Crippen LogP contribution is 2.26. The third-order valence-electron chi connectivity index (χ3n) is 3.29. The van der Waals surface area contributed by atoms with Crippen LogP contribution in [0.25, 0.3) is 0 Å². The molecule has 1 aliphatic rings. The van der Waals surface area contributed by atoms with Crippen molar-refractivity contribution in [1.29, 1.82) is 0 Å². The van der Waals surface area contributed by atoms with Crippen LogP contribution in [-0.4, -0.2) is 33.6 Å². The molecule has 0 bridgehead atoms. The summed E-state index contributed by atoms with van der Waals surface area (Å²) < 4.78 is 0. The van der Waals surface area contributed by atoms with Gasteiger partial charge in [0.2, 0.25) is 0 Å². The van der Waals surface area contributed by atoms with Crippen molar-refractivity contribution in [3.8, 4) is 0 Å². The molecule has 0 amide bonds. The molecule has 1 aromatic rings. The maximum Gasteiger partial charge on any atom is 0.363 e. The fourth-order valence-corrected chi connectivity index (χ4v) is 2.41. The van der Waals surface area contributed by atoms with Crippen molar-refractivity contribution in [2.24, 2.45) is 0 Å². The number of carboxylic acids is 1. The Morgan fingerprint density at radius 2 is 2.32 bits per heavy atom. The smallest absolute Gasteiger partial charge is 0.363 e. The molecule has 1 unspecified atom stereocenters. The Hall–Kier alpha value is -2.18. The molecule has 0 spiro atoms. The van der Waals surface area contributed by atoms with E-state index < -0.39 is 10.9 Å². The van der Waals surface area contributed by atoms with Crippen molar-refractivity contribution in [3.63, 3.8) is 0 Å². The van der Waals surface area contributed by atoms with Gasteiger partial charge in [-0.25, -0.2) is 0 Å². The minimum absolute atomic E-state index is 0.0606. The number of piperidine rings is 1. The molecular weight excluding hydrogens is 250 g/mol. The lowest BCUT2D eigenvalue weighted by atomic mass is 9.99. The van der Waals surface area contributed by atoms with Gasteiger partial charge < -0.3 is 20.1 Å². The molecule has 0 aliphatic carbocycles. The number of nitro groups is 1. The van der Waals surface area contributed by atoms with Gasteiger partial charge in [0, 0.05) is 18.7 Å². The van der Waals surface area contributed by atoms with E-state index in [2.05, 4.69) is 4.98 Å². The van der Waals surface area contributed by atoms with E-state index in [4.69, 9.17) is 5.11 Å². The number of rotatable bonds is 4. The summed E-state index contributed by atoms with van der Waals surface area (Å²) in [6, 6.07) is 2.92. The van der Waals surface area contributed by atoms with Crippen LogP contribution in [0.5, 0.6) is 0 Å².